The molecule has 0 aliphatic carbocycles. The van der Waals surface area contributed by atoms with E-state index in [2.05, 4.69) is 23.8 Å². The molecule has 1 fully saturated rings. The highest BCUT2D eigenvalue weighted by atomic mass is 32.2. The number of nitrogens with one attached hydrogen (secondary N) is 1. The summed E-state index contributed by atoms with van der Waals surface area (Å²) in [5, 5.41) is 0.390. The largest absolute Gasteiger partial charge is 0.383 e. The molecule has 1 saturated heterocycles. The topological polar surface area (TPSA) is 92.1 Å². The van der Waals surface area contributed by atoms with E-state index in [-0.39, 0.29) is 35.1 Å². The molecule has 6 nitrogen and oxygen atoms in total. The number of nitrogen functional groups attached to an aromatic ring is 1. The van der Waals surface area contributed by atoms with E-state index >= 15 is 0 Å². The Morgan fingerprint density at radius 1 is 1.50 bits per heavy atom. The van der Waals surface area contributed by atoms with Crippen LogP contribution in [0.3, 0.4) is 0 Å². The van der Waals surface area contributed by atoms with Gasteiger partial charge in [0.1, 0.15) is 5.82 Å². The highest BCUT2D eigenvalue weighted by Gasteiger charge is 2.28. The van der Waals surface area contributed by atoms with Crippen LogP contribution in [0.15, 0.2) is 16.0 Å². The lowest BCUT2D eigenvalue weighted by Crippen LogP contribution is -2.48. The van der Waals surface area contributed by atoms with Gasteiger partial charge < -0.3 is 15.6 Å². The van der Waals surface area contributed by atoms with Gasteiger partial charge in [0.25, 0.3) is 5.56 Å². The highest BCUT2D eigenvalue weighted by molar-refractivity contribution is 7.99. The smallest absolute Gasteiger partial charge is 0.253 e. The van der Waals surface area contributed by atoms with Crippen LogP contribution in [0.2, 0.25) is 0 Å². The average molecular weight is 296 g/mol. The number of carbonyl (C=O) groups is 1. The van der Waals surface area contributed by atoms with E-state index < -0.39 is 0 Å². The number of rotatable bonds is 3. The Balaban J connectivity index is 1.99. The van der Waals surface area contributed by atoms with Crippen LogP contribution in [0.5, 0.6) is 0 Å². The summed E-state index contributed by atoms with van der Waals surface area (Å²) in [7, 11) is 0. The first-order valence-electron chi connectivity index (χ1n) is 6.78. The van der Waals surface area contributed by atoms with Crippen LogP contribution >= 0.6 is 11.8 Å². The molecule has 1 aliphatic heterocycles. The van der Waals surface area contributed by atoms with Gasteiger partial charge in [0, 0.05) is 18.2 Å². The fourth-order valence-electron chi connectivity index (χ4n) is 2.64. The fourth-order valence-corrected chi connectivity index (χ4v) is 3.39. The third kappa shape index (κ3) is 3.53. The van der Waals surface area contributed by atoms with Crippen molar-refractivity contribution in [3.8, 4) is 0 Å². The molecule has 20 heavy (non-hydrogen) atoms. The number of carbonyl (C=O) groups excluding carboxylic acids is 1. The van der Waals surface area contributed by atoms with E-state index in [0.29, 0.717) is 5.16 Å². The minimum Gasteiger partial charge on any atom is -0.383 e. The van der Waals surface area contributed by atoms with Gasteiger partial charge in [-0.05, 0) is 33.1 Å². The minimum absolute atomic E-state index is 0.0831. The van der Waals surface area contributed by atoms with Crippen LogP contribution < -0.4 is 11.3 Å². The molecule has 0 bridgehead atoms. The van der Waals surface area contributed by atoms with Crippen LogP contribution in [0.4, 0.5) is 5.82 Å². The second kappa shape index (κ2) is 6.30. The number of hydrogen-bond acceptors (Lipinski definition) is 5. The van der Waals surface area contributed by atoms with Crippen LogP contribution in [-0.4, -0.2) is 38.6 Å². The maximum absolute atomic E-state index is 12.3. The van der Waals surface area contributed by atoms with E-state index in [1.165, 1.54) is 24.2 Å². The van der Waals surface area contributed by atoms with Crippen molar-refractivity contribution < 1.29 is 4.79 Å². The number of amides is 1. The third-order valence-electron chi connectivity index (χ3n) is 3.55. The van der Waals surface area contributed by atoms with Crippen LogP contribution in [0, 0.1) is 0 Å². The number of nitrogens with two attached hydrogens (primary N) is 1. The molecule has 3 N–H and O–H groups in total. The molecular weight excluding hydrogens is 276 g/mol. The van der Waals surface area contributed by atoms with Crippen molar-refractivity contribution >= 4 is 23.5 Å². The van der Waals surface area contributed by atoms with Crippen molar-refractivity contribution in [1.82, 2.24) is 14.9 Å². The molecule has 1 aromatic heterocycles. The number of piperidine rings is 1. The second-order valence-electron chi connectivity index (χ2n) is 5.19. The molecule has 0 spiro atoms. The molecule has 1 aliphatic rings. The predicted molar refractivity (Wildman–Crippen MR) is 79.6 cm³/mol. The molecular formula is C13H20N4O2S. The summed E-state index contributed by atoms with van der Waals surface area (Å²) in [5.41, 5.74) is 5.21. The van der Waals surface area contributed by atoms with E-state index in [4.69, 9.17) is 5.73 Å². The standard InChI is InChI=1S/C13H20N4O2S/c1-8-4-3-5-9(2)17(8)12(19)7-20-13-15-10(14)6-11(18)16-13/h6,8-9H,3-5,7H2,1-2H3,(H3,14,15,16,18)/t8-,9+. The summed E-state index contributed by atoms with van der Waals surface area (Å²) in [4.78, 5) is 32.1. The van der Waals surface area contributed by atoms with Gasteiger partial charge in [-0.25, -0.2) is 4.98 Å². The van der Waals surface area contributed by atoms with Crippen molar-refractivity contribution in [2.75, 3.05) is 11.5 Å². The van der Waals surface area contributed by atoms with Gasteiger partial charge in [-0.1, -0.05) is 11.8 Å². The monoisotopic (exact) mass is 296 g/mol. The first-order valence-corrected chi connectivity index (χ1v) is 7.76. The first-order chi connectivity index (χ1) is 9.47. The molecule has 1 aromatic rings. The molecule has 2 heterocycles. The minimum atomic E-state index is -0.299. The van der Waals surface area contributed by atoms with E-state index in [9.17, 15) is 9.59 Å². The van der Waals surface area contributed by atoms with E-state index in [1.807, 2.05) is 4.90 Å². The Morgan fingerprint density at radius 3 is 2.75 bits per heavy atom. The molecule has 0 aromatic carbocycles. The van der Waals surface area contributed by atoms with Gasteiger partial charge in [-0.15, -0.1) is 0 Å². The predicted octanol–water partition coefficient (Wildman–Crippen LogP) is 1.23. The Hall–Kier alpha value is -1.50. The van der Waals surface area contributed by atoms with Gasteiger partial charge in [0.2, 0.25) is 5.91 Å². The number of aromatic amines is 1. The summed E-state index contributed by atoms with van der Waals surface area (Å²) in [6.07, 6.45) is 3.27. The van der Waals surface area contributed by atoms with E-state index in [1.54, 1.807) is 0 Å². The quantitative estimate of drug-likeness (QED) is 0.646. The average Bonchev–Trinajstić information content (AvgIpc) is 2.35. The number of thioether (sulfide) groups is 1. The van der Waals surface area contributed by atoms with Crippen LogP contribution in [-0.2, 0) is 4.79 Å². The molecule has 2 rings (SSSR count). The van der Waals surface area contributed by atoms with Gasteiger partial charge in [-0.3, -0.25) is 9.59 Å². The van der Waals surface area contributed by atoms with Crippen LogP contribution in [0.1, 0.15) is 33.1 Å². The molecule has 7 heteroatoms. The van der Waals surface area contributed by atoms with Crippen LogP contribution in [0.25, 0.3) is 0 Å². The Morgan fingerprint density at radius 2 is 2.15 bits per heavy atom. The lowest BCUT2D eigenvalue weighted by atomic mass is 9.98. The van der Waals surface area contributed by atoms with Crippen molar-refractivity contribution in [3.63, 3.8) is 0 Å². The fraction of sp³-hybridized carbons (Fsp3) is 0.615. The number of H-pyrrole nitrogens is 1. The Bertz CT molecular complexity index is 535. The van der Waals surface area contributed by atoms with Gasteiger partial charge in [-0.2, -0.15) is 0 Å². The van der Waals surface area contributed by atoms with Crippen molar-refractivity contribution in [2.24, 2.45) is 0 Å². The van der Waals surface area contributed by atoms with Gasteiger partial charge in [0.05, 0.1) is 5.75 Å². The number of anilines is 1. The molecule has 1 amide bonds. The summed E-state index contributed by atoms with van der Waals surface area (Å²) < 4.78 is 0. The number of aromatic nitrogens is 2. The summed E-state index contributed by atoms with van der Waals surface area (Å²) in [5.74, 6) is 0.518. The highest BCUT2D eigenvalue weighted by Crippen LogP contribution is 2.24. The van der Waals surface area contributed by atoms with Crippen molar-refractivity contribution in [2.45, 2.75) is 50.4 Å². The van der Waals surface area contributed by atoms with Crippen molar-refractivity contribution in [1.29, 1.82) is 0 Å². The van der Waals surface area contributed by atoms with Gasteiger partial charge in [0.15, 0.2) is 5.16 Å². The molecule has 0 unspecified atom stereocenters. The lowest BCUT2D eigenvalue weighted by molar-refractivity contribution is -0.134. The second-order valence-corrected chi connectivity index (χ2v) is 6.16. The van der Waals surface area contributed by atoms with Gasteiger partial charge >= 0.3 is 0 Å². The van der Waals surface area contributed by atoms with Crippen molar-refractivity contribution in [3.05, 3.63) is 16.4 Å². The lowest BCUT2D eigenvalue weighted by Gasteiger charge is -2.39. The first kappa shape index (κ1) is 14.9. The number of hydrogen-bond donors (Lipinski definition) is 2. The number of nitrogens with zero attached hydrogens (tertiary/aromatic N) is 2. The molecule has 0 saturated carbocycles. The zero-order chi connectivity index (χ0) is 14.7. The molecule has 0 radical (unpaired) electrons. The number of likely N-dealkylation sites (tertiary alicyclic amines) is 1. The Kier molecular flexibility index (Phi) is 4.69. The summed E-state index contributed by atoms with van der Waals surface area (Å²) in [6.45, 7) is 4.16. The van der Waals surface area contributed by atoms with E-state index in [0.717, 1.165) is 12.8 Å². The molecule has 2 atom stereocenters. The zero-order valence-electron chi connectivity index (χ0n) is 11.8. The third-order valence-corrected chi connectivity index (χ3v) is 4.41. The normalized spacial score (nSPS) is 22.8. The SMILES string of the molecule is C[C@@H]1CCC[C@H](C)N1C(=O)CSc1nc(N)cc(=O)[nH]1. The zero-order valence-corrected chi connectivity index (χ0v) is 12.6. The Labute approximate surface area is 122 Å². The maximum Gasteiger partial charge on any atom is 0.253 e. The summed E-state index contributed by atoms with van der Waals surface area (Å²) >= 11 is 1.22. The molecule has 110 valence electrons. The summed E-state index contributed by atoms with van der Waals surface area (Å²) in [6, 6.07) is 1.78. The maximum atomic E-state index is 12.3.